The van der Waals surface area contributed by atoms with E-state index in [2.05, 4.69) is 18.1 Å². The van der Waals surface area contributed by atoms with Crippen molar-refractivity contribution in [2.45, 2.75) is 37.5 Å². The van der Waals surface area contributed by atoms with Gasteiger partial charge in [0.05, 0.1) is 0 Å². The predicted molar refractivity (Wildman–Crippen MR) is 69.2 cm³/mol. The maximum absolute atomic E-state index is 5.78. The maximum atomic E-state index is 5.78. The molecule has 0 radical (unpaired) electrons. The predicted octanol–water partition coefficient (Wildman–Crippen LogP) is 4.97. The zero-order chi connectivity index (χ0) is 10.9. The average molecular weight is 239 g/mol. The first-order valence-electron chi connectivity index (χ1n) is 5.23. The molecular weight excluding hydrogens is 224 g/mol. The summed E-state index contributed by atoms with van der Waals surface area (Å²) in [5, 5.41) is 3.88. The van der Waals surface area contributed by atoms with Crippen LogP contribution in [-0.4, -0.2) is 0 Å². The van der Waals surface area contributed by atoms with Crippen molar-refractivity contribution >= 4 is 23.4 Å². The summed E-state index contributed by atoms with van der Waals surface area (Å²) in [7, 11) is 0. The third kappa shape index (κ3) is 5.77. The van der Waals surface area contributed by atoms with E-state index in [-0.39, 0.29) is 0 Å². The van der Waals surface area contributed by atoms with Gasteiger partial charge in [-0.3, -0.25) is 0 Å². The Hall–Kier alpha value is -0.580. The van der Waals surface area contributed by atoms with E-state index >= 15 is 0 Å². The normalized spacial score (nSPS) is 9.47. The molecule has 0 aromatic heterocycles. The Bertz CT molecular complexity index is 332. The second-order valence-electron chi connectivity index (χ2n) is 3.29. The molecule has 1 rings (SSSR count). The summed E-state index contributed by atoms with van der Waals surface area (Å²) in [5.74, 6) is 3.16. The van der Waals surface area contributed by atoms with Gasteiger partial charge in [-0.05, 0) is 47.7 Å². The standard InChI is InChI=1S/C13H15ClS/c1-2-3-4-5-6-11-15-13-9-7-12(14)8-10-13/h7-10H,2-5H2,1H3. The molecule has 0 aliphatic rings. The van der Waals surface area contributed by atoms with E-state index in [9.17, 15) is 0 Å². The van der Waals surface area contributed by atoms with Crippen molar-refractivity contribution in [3.05, 3.63) is 29.3 Å². The highest BCUT2D eigenvalue weighted by Crippen LogP contribution is 2.19. The summed E-state index contributed by atoms with van der Waals surface area (Å²) < 4.78 is 0. The molecular formula is C13H15ClS. The molecule has 0 heterocycles. The fraction of sp³-hybridized carbons (Fsp3) is 0.385. The van der Waals surface area contributed by atoms with E-state index in [0.717, 1.165) is 16.3 Å². The molecule has 0 bridgehead atoms. The van der Waals surface area contributed by atoms with Crippen molar-refractivity contribution in [3.63, 3.8) is 0 Å². The first-order chi connectivity index (χ1) is 7.33. The first-order valence-corrected chi connectivity index (χ1v) is 6.42. The summed E-state index contributed by atoms with van der Waals surface area (Å²) in [6.45, 7) is 2.20. The van der Waals surface area contributed by atoms with Crippen molar-refractivity contribution < 1.29 is 0 Å². The topological polar surface area (TPSA) is 0 Å². The molecule has 15 heavy (non-hydrogen) atoms. The van der Waals surface area contributed by atoms with Crippen molar-refractivity contribution in [1.29, 1.82) is 0 Å². The quantitative estimate of drug-likeness (QED) is 0.405. The number of thioether (sulfide) groups is 1. The lowest BCUT2D eigenvalue weighted by Crippen LogP contribution is -1.71. The van der Waals surface area contributed by atoms with Gasteiger partial charge in [-0.2, -0.15) is 0 Å². The lowest BCUT2D eigenvalue weighted by Gasteiger charge is -1.93. The molecule has 0 aliphatic carbocycles. The summed E-state index contributed by atoms with van der Waals surface area (Å²) in [4.78, 5) is 1.15. The van der Waals surface area contributed by atoms with Crippen molar-refractivity contribution in [1.82, 2.24) is 0 Å². The fourth-order valence-electron chi connectivity index (χ4n) is 1.11. The molecule has 0 fully saturated rings. The SMILES string of the molecule is CCCCCC#CSc1ccc(Cl)cc1. The van der Waals surface area contributed by atoms with Crippen molar-refractivity contribution in [2.75, 3.05) is 0 Å². The monoisotopic (exact) mass is 238 g/mol. The second-order valence-corrected chi connectivity index (χ2v) is 4.61. The van der Waals surface area contributed by atoms with E-state index in [0.29, 0.717) is 0 Å². The van der Waals surface area contributed by atoms with Crippen molar-refractivity contribution in [3.8, 4) is 11.2 Å². The minimum atomic E-state index is 0.773. The maximum Gasteiger partial charge on any atom is 0.0406 e. The fourth-order valence-corrected chi connectivity index (χ4v) is 1.80. The van der Waals surface area contributed by atoms with E-state index in [1.807, 2.05) is 24.3 Å². The van der Waals surface area contributed by atoms with Gasteiger partial charge in [0.1, 0.15) is 0 Å². The van der Waals surface area contributed by atoms with Gasteiger partial charge in [-0.25, -0.2) is 0 Å². The zero-order valence-corrected chi connectivity index (χ0v) is 10.5. The molecule has 0 nitrogen and oxygen atoms in total. The minimum Gasteiger partial charge on any atom is -0.0909 e. The first kappa shape index (κ1) is 12.5. The number of halogens is 1. The Morgan fingerprint density at radius 3 is 2.60 bits per heavy atom. The highest BCUT2D eigenvalue weighted by molar-refractivity contribution is 8.03. The molecule has 1 aromatic carbocycles. The van der Waals surface area contributed by atoms with Gasteiger partial charge in [0.15, 0.2) is 0 Å². The summed E-state index contributed by atoms with van der Waals surface area (Å²) >= 11 is 7.35. The highest BCUT2D eigenvalue weighted by atomic mass is 35.5. The summed E-state index contributed by atoms with van der Waals surface area (Å²) in [5.41, 5.74) is 0. The van der Waals surface area contributed by atoms with E-state index < -0.39 is 0 Å². The number of hydrogen-bond acceptors (Lipinski definition) is 1. The Morgan fingerprint density at radius 2 is 1.93 bits per heavy atom. The molecule has 0 N–H and O–H groups in total. The van der Waals surface area contributed by atoms with Crippen LogP contribution in [0.2, 0.25) is 5.02 Å². The molecule has 0 spiro atoms. The average Bonchev–Trinajstić information content (AvgIpc) is 2.26. The van der Waals surface area contributed by atoms with Gasteiger partial charge < -0.3 is 0 Å². The molecule has 0 atom stereocenters. The van der Waals surface area contributed by atoms with Gasteiger partial charge in [-0.15, -0.1) is 0 Å². The number of benzene rings is 1. The Balaban J connectivity index is 2.27. The number of hydrogen-bond donors (Lipinski definition) is 0. The molecule has 2 heteroatoms. The van der Waals surface area contributed by atoms with Crippen LogP contribution in [0.1, 0.15) is 32.6 Å². The van der Waals surface area contributed by atoms with Crippen LogP contribution in [0.3, 0.4) is 0 Å². The van der Waals surface area contributed by atoms with Crippen LogP contribution in [0.25, 0.3) is 0 Å². The lowest BCUT2D eigenvalue weighted by atomic mass is 10.2. The molecule has 0 saturated carbocycles. The van der Waals surface area contributed by atoms with Gasteiger partial charge in [0.25, 0.3) is 0 Å². The third-order valence-electron chi connectivity index (χ3n) is 1.96. The Kier molecular flexibility index (Phi) is 6.39. The van der Waals surface area contributed by atoms with Crippen LogP contribution in [0.15, 0.2) is 29.2 Å². The van der Waals surface area contributed by atoms with E-state index in [4.69, 9.17) is 11.6 Å². The van der Waals surface area contributed by atoms with Crippen LogP contribution in [0.4, 0.5) is 0 Å². The smallest absolute Gasteiger partial charge is 0.0406 e. The molecule has 1 aromatic rings. The second kappa shape index (κ2) is 7.68. The van der Waals surface area contributed by atoms with Crippen LogP contribution in [-0.2, 0) is 0 Å². The van der Waals surface area contributed by atoms with E-state index in [1.165, 1.54) is 19.3 Å². The largest absolute Gasteiger partial charge is 0.0909 e. The third-order valence-corrected chi connectivity index (χ3v) is 2.97. The molecule has 0 saturated heterocycles. The van der Waals surface area contributed by atoms with Crippen molar-refractivity contribution in [2.24, 2.45) is 0 Å². The zero-order valence-electron chi connectivity index (χ0n) is 8.92. The van der Waals surface area contributed by atoms with E-state index in [1.54, 1.807) is 11.8 Å². The molecule has 0 unspecified atom stereocenters. The summed E-state index contributed by atoms with van der Waals surface area (Å²) in [6.07, 6.45) is 4.76. The Morgan fingerprint density at radius 1 is 1.20 bits per heavy atom. The van der Waals surface area contributed by atoms with Crippen LogP contribution >= 0.6 is 23.4 Å². The minimum absolute atomic E-state index is 0.773. The lowest BCUT2D eigenvalue weighted by molar-refractivity contribution is 0.737. The molecule has 0 amide bonds. The van der Waals surface area contributed by atoms with Gasteiger partial charge in [0, 0.05) is 16.3 Å². The van der Waals surface area contributed by atoms with Gasteiger partial charge in [0.2, 0.25) is 0 Å². The highest BCUT2D eigenvalue weighted by Gasteiger charge is 1.90. The Labute approximate surface area is 101 Å². The molecule has 0 aliphatic heterocycles. The van der Waals surface area contributed by atoms with Gasteiger partial charge >= 0.3 is 0 Å². The van der Waals surface area contributed by atoms with Gasteiger partial charge in [-0.1, -0.05) is 37.3 Å². The summed E-state index contributed by atoms with van der Waals surface area (Å²) in [6, 6.07) is 7.77. The van der Waals surface area contributed by atoms with Crippen LogP contribution in [0, 0.1) is 11.2 Å². The van der Waals surface area contributed by atoms with Crippen LogP contribution in [0.5, 0.6) is 0 Å². The molecule has 80 valence electrons. The number of rotatable bonds is 4. The number of unbranched alkanes of at least 4 members (excludes halogenated alkanes) is 3. The van der Waals surface area contributed by atoms with Crippen LogP contribution < -0.4 is 0 Å².